The Morgan fingerprint density at radius 3 is 2.30 bits per heavy atom. The highest BCUT2D eigenvalue weighted by atomic mass is 35.5. The van der Waals surface area contributed by atoms with Gasteiger partial charge in [-0.1, -0.05) is 77.8 Å². The van der Waals surface area contributed by atoms with Crippen LogP contribution in [0.1, 0.15) is 23.6 Å². The molecule has 0 bridgehead atoms. The lowest BCUT2D eigenvalue weighted by molar-refractivity contribution is -0.140. The zero-order chi connectivity index (χ0) is 23.8. The second-order valence-electron chi connectivity index (χ2n) is 7.64. The Labute approximate surface area is 203 Å². The maximum atomic E-state index is 14.5. The van der Waals surface area contributed by atoms with Gasteiger partial charge in [0, 0.05) is 25.1 Å². The van der Waals surface area contributed by atoms with E-state index in [0.717, 1.165) is 5.56 Å². The molecule has 0 aliphatic rings. The number of nitrogens with one attached hydrogen (secondary N) is 1. The molecule has 0 saturated heterocycles. The van der Waals surface area contributed by atoms with Gasteiger partial charge in [-0.25, -0.2) is 4.39 Å². The summed E-state index contributed by atoms with van der Waals surface area (Å²) < 4.78 is 14.5. The predicted octanol–water partition coefficient (Wildman–Crippen LogP) is 5.45. The van der Waals surface area contributed by atoms with E-state index in [2.05, 4.69) is 5.32 Å². The second kappa shape index (κ2) is 11.8. The normalized spacial score (nSPS) is 11.6. The molecule has 4 nitrogen and oxygen atoms in total. The van der Waals surface area contributed by atoms with Crippen molar-refractivity contribution in [1.29, 1.82) is 0 Å². The van der Waals surface area contributed by atoms with Gasteiger partial charge in [-0.2, -0.15) is 0 Å². The summed E-state index contributed by atoms with van der Waals surface area (Å²) in [4.78, 5) is 28.0. The summed E-state index contributed by atoms with van der Waals surface area (Å²) in [7, 11) is 0. The van der Waals surface area contributed by atoms with Gasteiger partial charge in [-0.3, -0.25) is 9.59 Å². The Bertz CT molecular complexity index is 1110. The fourth-order valence-electron chi connectivity index (χ4n) is 3.58. The summed E-state index contributed by atoms with van der Waals surface area (Å²) in [6.07, 6.45) is 0.296. The van der Waals surface area contributed by atoms with Gasteiger partial charge in [0.05, 0.1) is 16.5 Å². The molecule has 3 rings (SSSR count). The summed E-state index contributed by atoms with van der Waals surface area (Å²) in [6.45, 7) is 2.19. The van der Waals surface area contributed by atoms with Crippen molar-refractivity contribution in [1.82, 2.24) is 10.2 Å². The van der Waals surface area contributed by atoms with Crippen molar-refractivity contribution in [2.75, 3.05) is 6.54 Å². The molecule has 3 aromatic rings. The summed E-state index contributed by atoms with van der Waals surface area (Å²) in [5.41, 5.74) is 1.89. The Morgan fingerprint density at radius 2 is 1.64 bits per heavy atom. The van der Waals surface area contributed by atoms with Crippen LogP contribution < -0.4 is 5.32 Å². The number of carbonyl (C=O) groups excluding carboxylic acids is 2. The number of halogens is 3. The zero-order valence-electron chi connectivity index (χ0n) is 18.2. The van der Waals surface area contributed by atoms with Crippen LogP contribution in [0, 0.1) is 5.82 Å². The monoisotopic (exact) mass is 486 g/mol. The minimum absolute atomic E-state index is 0.00393. The molecule has 0 aliphatic heterocycles. The number of nitrogens with zero attached hydrogens (tertiary/aromatic N) is 1. The molecule has 7 heteroatoms. The minimum atomic E-state index is -0.817. The topological polar surface area (TPSA) is 49.4 Å². The maximum Gasteiger partial charge on any atom is 0.243 e. The standard InChI is InChI=1S/C26H25Cl2FN2O2/c1-2-30-26(33)24(15-18-8-4-3-5-9-18)31(17-20-10-6-7-11-23(20)29)25(32)16-19-12-13-21(27)22(28)14-19/h3-14,24H,2,15-17H2,1H3,(H,30,33)/t24-/m1/s1. The van der Waals surface area contributed by atoms with Crippen molar-refractivity contribution < 1.29 is 14.0 Å². The van der Waals surface area contributed by atoms with Gasteiger partial charge in [-0.15, -0.1) is 0 Å². The molecule has 2 amide bonds. The Morgan fingerprint density at radius 1 is 0.939 bits per heavy atom. The highest BCUT2D eigenvalue weighted by Crippen LogP contribution is 2.24. The minimum Gasteiger partial charge on any atom is -0.355 e. The van der Waals surface area contributed by atoms with Crippen LogP contribution in [0.3, 0.4) is 0 Å². The van der Waals surface area contributed by atoms with Gasteiger partial charge in [0.25, 0.3) is 0 Å². The number of rotatable bonds is 9. The van der Waals surface area contributed by atoms with Crippen LogP contribution in [-0.2, 0) is 29.0 Å². The maximum absolute atomic E-state index is 14.5. The van der Waals surface area contributed by atoms with Gasteiger partial charge in [0.15, 0.2) is 0 Å². The highest BCUT2D eigenvalue weighted by Gasteiger charge is 2.30. The Hall–Kier alpha value is -2.89. The number of amides is 2. The molecule has 1 N–H and O–H groups in total. The fourth-order valence-corrected chi connectivity index (χ4v) is 3.90. The van der Waals surface area contributed by atoms with Gasteiger partial charge < -0.3 is 10.2 Å². The van der Waals surface area contributed by atoms with Crippen LogP contribution in [0.25, 0.3) is 0 Å². The van der Waals surface area contributed by atoms with E-state index in [1.54, 1.807) is 36.4 Å². The number of likely N-dealkylation sites (N-methyl/N-ethyl adjacent to an activating group) is 1. The average molecular weight is 487 g/mol. The van der Waals surface area contributed by atoms with Gasteiger partial charge >= 0.3 is 0 Å². The van der Waals surface area contributed by atoms with E-state index in [4.69, 9.17) is 23.2 Å². The molecule has 0 aromatic heterocycles. The third-order valence-electron chi connectivity index (χ3n) is 5.26. The molecule has 172 valence electrons. The van der Waals surface area contributed by atoms with E-state index >= 15 is 0 Å². The summed E-state index contributed by atoms with van der Waals surface area (Å²) in [5.74, 6) is -1.04. The Balaban J connectivity index is 1.97. The van der Waals surface area contributed by atoms with Crippen LogP contribution in [0.15, 0.2) is 72.8 Å². The molecule has 0 unspecified atom stereocenters. The van der Waals surface area contributed by atoms with E-state index < -0.39 is 11.9 Å². The number of hydrogen-bond donors (Lipinski definition) is 1. The lowest BCUT2D eigenvalue weighted by atomic mass is 10.0. The molecule has 0 spiro atoms. The zero-order valence-corrected chi connectivity index (χ0v) is 19.7. The first-order valence-electron chi connectivity index (χ1n) is 10.7. The van der Waals surface area contributed by atoms with Crippen molar-refractivity contribution in [3.05, 3.63) is 105 Å². The average Bonchev–Trinajstić information content (AvgIpc) is 2.80. The van der Waals surface area contributed by atoms with Crippen molar-refractivity contribution >= 4 is 35.0 Å². The van der Waals surface area contributed by atoms with Crippen LogP contribution in [0.5, 0.6) is 0 Å². The largest absolute Gasteiger partial charge is 0.355 e. The molecule has 0 saturated carbocycles. The molecule has 0 heterocycles. The van der Waals surface area contributed by atoms with Crippen molar-refractivity contribution in [2.24, 2.45) is 0 Å². The molecular weight excluding hydrogens is 462 g/mol. The number of carbonyl (C=O) groups is 2. The van der Waals surface area contributed by atoms with Gasteiger partial charge in [0.1, 0.15) is 11.9 Å². The number of hydrogen-bond acceptors (Lipinski definition) is 2. The highest BCUT2D eigenvalue weighted by molar-refractivity contribution is 6.42. The van der Waals surface area contributed by atoms with Crippen molar-refractivity contribution in [2.45, 2.75) is 32.4 Å². The predicted molar refractivity (Wildman–Crippen MR) is 130 cm³/mol. The Kier molecular flexibility index (Phi) is 8.87. The molecule has 33 heavy (non-hydrogen) atoms. The van der Waals surface area contributed by atoms with E-state index in [9.17, 15) is 14.0 Å². The molecular formula is C26H25Cl2FN2O2. The van der Waals surface area contributed by atoms with E-state index in [1.807, 2.05) is 37.3 Å². The fraction of sp³-hybridized carbons (Fsp3) is 0.231. The lowest BCUT2D eigenvalue weighted by Crippen LogP contribution is -2.51. The SMILES string of the molecule is CCNC(=O)[C@@H](Cc1ccccc1)N(Cc1ccccc1F)C(=O)Cc1ccc(Cl)c(Cl)c1. The van der Waals surface area contributed by atoms with Crippen LogP contribution >= 0.6 is 23.2 Å². The van der Waals surface area contributed by atoms with E-state index in [-0.39, 0.29) is 24.8 Å². The van der Waals surface area contributed by atoms with Crippen LogP contribution in [-0.4, -0.2) is 29.3 Å². The second-order valence-corrected chi connectivity index (χ2v) is 8.45. The van der Waals surface area contributed by atoms with E-state index in [0.29, 0.717) is 34.1 Å². The molecule has 0 aliphatic carbocycles. The molecule has 0 fully saturated rings. The van der Waals surface area contributed by atoms with Crippen molar-refractivity contribution in [3.8, 4) is 0 Å². The summed E-state index contributed by atoms with van der Waals surface area (Å²) in [5, 5.41) is 3.55. The third-order valence-corrected chi connectivity index (χ3v) is 6.00. The first-order valence-corrected chi connectivity index (χ1v) is 11.4. The number of benzene rings is 3. The lowest BCUT2D eigenvalue weighted by Gasteiger charge is -2.31. The molecule has 3 aromatic carbocycles. The van der Waals surface area contributed by atoms with Gasteiger partial charge in [-0.05, 0) is 36.2 Å². The summed E-state index contributed by atoms with van der Waals surface area (Å²) >= 11 is 12.1. The summed E-state index contributed by atoms with van der Waals surface area (Å²) in [6, 6.07) is 19.8. The van der Waals surface area contributed by atoms with Crippen LogP contribution in [0.4, 0.5) is 4.39 Å². The third kappa shape index (κ3) is 6.80. The van der Waals surface area contributed by atoms with E-state index in [1.165, 1.54) is 11.0 Å². The van der Waals surface area contributed by atoms with Gasteiger partial charge in [0.2, 0.25) is 11.8 Å². The first-order chi connectivity index (χ1) is 15.9. The molecule has 0 radical (unpaired) electrons. The first kappa shape index (κ1) is 24.7. The quantitative estimate of drug-likeness (QED) is 0.437. The van der Waals surface area contributed by atoms with Crippen molar-refractivity contribution in [3.63, 3.8) is 0 Å². The molecule has 1 atom stereocenters. The van der Waals surface area contributed by atoms with Crippen LogP contribution in [0.2, 0.25) is 10.0 Å². The smallest absolute Gasteiger partial charge is 0.243 e.